The van der Waals surface area contributed by atoms with Gasteiger partial charge in [0.05, 0.1) is 18.7 Å². The first kappa shape index (κ1) is 13.0. The molecule has 0 aliphatic carbocycles. The molecule has 0 unspecified atom stereocenters. The van der Waals surface area contributed by atoms with Crippen molar-refractivity contribution < 1.29 is 4.84 Å². The molecule has 0 amide bonds. The summed E-state index contributed by atoms with van der Waals surface area (Å²) in [6.07, 6.45) is 1.89. The smallest absolute Gasteiger partial charge is 0.0954 e. The Morgan fingerprint density at radius 1 is 1.39 bits per heavy atom. The molecule has 0 saturated carbocycles. The summed E-state index contributed by atoms with van der Waals surface area (Å²) in [5, 5.41) is 13.9. The Hall–Kier alpha value is -1.41. The number of hydrogen-bond acceptors (Lipinski definition) is 4. The quantitative estimate of drug-likeness (QED) is 0.820. The summed E-state index contributed by atoms with van der Waals surface area (Å²) in [5.74, 6) is 0. The number of hydroxylamine groups is 2. The Bertz CT molecular complexity index is 393. The van der Waals surface area contributed by atoms with Crippen LogP contribution in [0.3, 0.4) is 0 Å². The average molecular weight is 245 g/mol. The van der Waals surface area contributed by atoms with Gasteiger partial charge in [-0.3, -0.25) is 4.84 Å². The van der Waals surface area contributed by atoms with E-state index in [9.17, 15) is 0 Å². The van der Waals surface area contributed by atoms with Gasteiger partial charge in [-0.1, -0.05) is 30.3 Å². The molecule has 1 heterocycles. The Balaban J connectivity index is 1.76. The van der Waals surface area contributed by atoms with Gasteiger partial charge < -0.3 is 5.32 Å². The van der Waals surface area contributed by atoms with Gasteiger partial charge in [0.2, 0.25) is 0 Å². The van der Waals surface area contributed by atoms with E-state index in [1.807, 2.05) is 30.3 Å². The van der Waals surface area contributed by atoms with Crippen LogP contribution in [0.4, 0.5) is 0 Å². The normalized spacial score (nSPS) is 23.8. The van der Waals surface area contributed by atoms with Gasteiger partial charge in [-0.15, -0.1) is 0 Å². The second-order valence-corrected chi connectivity index (χ2v) is 4.63. The highest BCUT2D eigenvalue weighted by atomic mass is 16.7. The minimum atomic E-state index is 0.00349. The highest BCUT2D eigenvalue weighted by molar-refractivity contribution is 5.13. The molecule has 1 saturated heterocycles. The van der Waals surface area contributed by atoms with Crippen molar-refractivity contribution in [1.82, 2.24) is 10.4 Å². The van der Waals surface area contributed by atoms with E-state index in [0.29, 0.717) is 12.6 Å². The molecule has 4 heteroatoms. The zero-order chi connectivity index (χ0) is 12.8. The van der Waals surface area contributed by atoms with Crippen molar-refractivity contribution in [3.63, 3.8) is 0 Å². The lowest BCUT2D eigenvalue weighted by Crippen LogP contribution is -2.47. The van der Waals surface area contributed by atoms with Crippen molar-refractivity contribution in [3.05, 3.63) is 35.9 Å². The van der Waals surface area contributed by atoms with Gasteiger partial charge in [-0.25, -0.2) is 0 Å². The fourth-order valence-electron chi connectivity index (χ4n) is 2.12. The first-order valence-corrected chi connectivity index (χ1v) is 6.32. The van der Waals surface area contributed by atoms with E-state index < -0.39 is 0 Å². The fourth-order valence-corrected chi connectivity index (χ4v) is 2.12. The molecule has 0 spiro atoms. The van der Waals surface area contributed by atoms with E-state index >= 15 is 0 Å². The molecule has 1 aromatic rings. The molecule has 1 fully saturated rings. The van der Waals surface area contributed by atoms with Crippen molar-refractivity contribution in [2.75, 3.05) is 13.6 Å². The number of likely N-dealkylation sites (N-methyl/N-ethyl adjacent to an activating group) is 1. The molecule has 0 bridgehead atoms. The summed E-state index contributed by atoms with van der Waals surface area (Å²) in [7, 11) is 1.96. The fraction of sp³-hybridized carbons (Fsp3) is 0.500. The Labute approximate surface area is 108 Å². The summed E-state index contributed by atoms with van der Waals surface area (Å²) in [6.45, 7) is 1.40. The molecule has 0 aromatic heterocycles. The maximum Gasteiger partial charge on any atom is 0.0954 e. The standard InChI is InChI=1S/C14H19N3O/c1-17(14-8-7-13(9-15)16-10-14)18-11-12-5-3-2-4-6-12/h2-6,13-14,16H,7-8,10-11H2,1H3/t13-,14+/m0/s1. The van der Waals surface area contributed by atoms with Crippen LogP contribution in [-0.2, 0) is 11.4 Å². The average Bonchev–Trinajstić information content (AvgIpc) is 2.46. The largest absolute Gasteiger partial charge is 0.300 e. The first-order valence-electron chi connectivity index (χ1n) is 6.32. The van der Waals surface area contributed by atoms with Crippen LogP contribution in [0.25, 0.3) is 0 Å². The second kappa shape index (κ2) is 6.50. The number of nitriles is 1. The van der Waals surface area contributed by atoms with Crippen LogP contribution in [0.2, 0.25) is 0 Å². The summed E-state index contributed by atoms with van der Waals surface area (Å²) in [6, 6.07) is 12.7. The van der Waals surface area contributed by atoms with Crippen LogP contribution in [0, 0.1) is 11.3 Å². The molecular formula is C14H19N3O. The van der Waals surface area contributed by atoms with Gasteiger partial charge in [0.25, 0.3) is 0 Å². The number of rotatable bonds is 4. The topological polar surface area (TPSA) is 48.3 Å². The molecular weight excluding hydrogens is 226 g/mol. The van der Waals surface area contributed by atoms with Crippen LogP contribution < -0.4 is 5.32 Å². The van der Waals surface area contributed by atoms with E-state index in [1.54, 1.807) is 0 Å². The van der Waals surface area contributed by atoms with E-state index in [2.05, 4.69) is 23.5 Å². The highest BCUT2D eigenvalue weighted by Crippen LogP contribution is 2.14. The molecule has 1 aliphatic rings. The van der Waals surface area contributed by atoms with Crippen molar-refractivity contribution in [1.29, 1.82) is 5.26 Å². The van der Waals surface area contributed by atoms with Gasteiger partial charge in [0.1, 0.15) is 0 Å². The molecule has 18 heavy (non-hydrogen) atoms. The van der Waals surface area contributed by atoms with Crippen LogP contribution in [0.1, 0.15) is 18.4 Å². The maximum atomic E-state index is 8.81. The number of piperidine rings is 1. The number of benzene rings is 1. The SMILES string of the molecule is CN(OCc1ccccc1)[C@@H]1CC[C@@H](C#N)NC1. The van der Waals surface area contributed by atoms with Crippen LogP contribution >= 0.6 is 0 Å². The lowest BCUT2D eigenvalue weighted by Gasteiger charge is -2.32. The summed E-state index contributed by atoms with van der Waals surface area (Å²) >= 11 is 0. The molecule has 1 aromatic carbocycles. The minimum absolute atomic E-state index is 0.00349. The lowest BCUT2D eigenvalue weighted by atomic mass is 10.0. The third-order valence-corrected chi connectivity index (χ3v) is 3.34. The van der Waals surface area contributed by atoms with E-state index in [1.165, 1.54) is 5.56 Å². The summed E-state index contributed by atoms with van der Waals surface area (Å²) in [5.41, 5.74) is 1.17. The van der Waals surface area contributed by atoms with Gasteiger partial charge in [0.15, 0.2) is 0 Å². The second-order valence-electron chi connectivity index (χ2n) is 4.63. The zero-order valence-corrected chi connectivity index (χ0v) is 10.7. The van der Waals surface area contributed by atoms with Crippen LogP contribution in [0.5, 0.6) is 0 Å². The lowest BCUT2D eigenvalue weighted by molar-refractivity contribution is -0.181. The predicted octanol–water partition coefficient (Wildman–Crippen LogP) is 1.69. The molecule has 2 atom stereocenters. The third-order valence-electron chi connectivity index (χ3n) is 3.34. The molecule has 1 N–H and O–H groups in total. The molecule has 1 aliphatic heterocycles. The predicted molar refractivity (Wildman–Crippen MR) is 69.4 cm³/mol. The van der Waals surface area contributed by atoms with Crippen molar-refractivity contribution in [3.8, 4) is 6.07 Å². The van der Waals surface area contributed by atoms with E-state index in [4.69, 9.17) is 10.1 Å². The highest BCUT2D eigenvalue weighted by Gasteiger charge is 2.23. The molecule has 0 radical (unpaired) electrons. The zero-order valence-electron chi connectivity index (χ0n) is 10.7. The van der Waals surface area contributed by atoms with Gasteiger partial charge >= 0.3 is 0 Å². The minimum Gasteiger partial charge on any atom is -0.300 e. The van der Waals surface area contributed by atoms with E-state index in [0.717, 1.165) is 19.4 Å². The van der Waals surface area contributed by atoms with Crippen LogP contribution in [-0.4, -0.2) is 30.7 Å². The summed E-state index contributed by atoms with van der Waals surface area (Å²) in [4.78, 5) is 5.75. The first-order chi connectivity index (χ1) is 8.79. The van der Waals surface area contributed by atoms with Crippen molar-refractivity contribution >= 4 is 0 Å². The van der Waals surface area contributed by atoms with Gasteiger partial charge in [-0.05, 0) is 18.4 Å². The third kappa shape index (κ3) is 3.54. The maximum absolute atomic E-state index is 8.81. The molecule has 4 nitrogen and oxygen atoms in total. The molecule has 2 rings (SSSR count). The Morgan fingerprint density at radius 3 is 2.78 bits per heavy atom. The monoisotopic (exact) mass is 245 g/mol. The van der Waals surface area contributed by atoms with Gasteiger partial charge in [0, 0.05) is 19.6 Å². The van der Waals surface area contributed by atoms with Crippen LogP contribution in [0.15, 0.2) is 30.3 Å². The van der Waals surface area contributed by atoms with Crippen molar-refractivity contribution in [2.24, 2.45) is 0 Å². The number of nitrogens with zero attached hydrogens (tertiary/aromatic N) is 2. The van der Waals surface area contributed by atoms with Crippen molar-refractivity contribution in [2.45, 2.75) is 31.5 Å². The Morgan fingerprint density at radius 2 is 2.17 bits per heavy atom. The molecule has 96 valence electrons. The number of hydrogen-bond donors (Lipinski definition) is 1. The number of nitrogens with one attached hydrogen (secondary N) is 1. The van der Waals surface area contributed by atoms with Gasteiger partial charge in [-0.2, -0.15) is 10.3 Å². The summed E-state index contributed by atoms with van der Waals surface area (Å²) < 4.78 is 0. The Kier molecular flexibility index (Phi) is 4.71. The van der Waals surface area contributed by atoms with E-state index in [-0.39, 0.29) is 6.04 Å².